The van der Waals surface area contributed by atoms with E-state index < -0.39 is 53.3 Å². The van der Waals surface area contributed by atoms with Crippen molar-refractivity contribution in [3.05, 3.63) is 60.2 Å². The van der Waals surface area contributed by atoms with Gasteiger partial charge in [-0.25, -0.2) is 9.59 Å². The van der Waals surface area contributed by atoms with Gasteiger partial charge >= 0.3 is 17.8 Å². The maximum Gasteiger partial charge on any atom is 0.396 e. The highest BCUT2D eigenvalue weighted by Gasteiger charge is 2.38. The minimum absolute atomic E-state index is 0.0386. The molecule has 2 aromatic rings. The molecule has 2 aromatic carbocycles. The molecule has 0 aliphatic carbocycles. The molecule has 1 fully saturated rings. The first kappa shape index (κ1) is 34.5. The summed E-state index contributed by atoms with van der Waals surface area (Å²) in [5, 5.41) is 8.12. The second kappa shape index (κ2) is 16.2. The molecule has 3 N–H and O–H groups in total. The van der Waals surface area contributed by atoms with Crippen LogP contribution < -0.4 is 20.7 Å². The number of rotatable bonds is 12. The second-order valence-electron chi connectivity index (χ2n) is 11.4. The molecule has 4 amide bonds. The molecule has 45 heavy (non-hydrogen) atoms. The predicted molar refractivity (Wildman–Crippen MR) is 163 cm³/mol. The lowest BCUT2D eigenvalue weighted by Gasteiger charge is -2.25. The van der Waals surface area contributed by atoms with Crippen molar-refractivity contribution in [3.8, 4) is 5.75 Å². The molecule has 0 spiro atoms. The minimum atomic E-state index is -1.07. The first-order chi connectivity index (χ1) is 21.4. The van der Waals surface area contributed by atoms with Gasteiger partial charge in [0.15, 0.2) is 6.61 Å². The number of hydrogen-bond acceptors (Lipinski definition) is 9. The maximum absolute atomic E-state index is 13.2. The quantitative estimate of drug-likeness (QED) is 0.235. The summed E-state index contributed by atoms with van der Waals surface area (Å²) in [5.74, 6) is -3.77. The average Bonchev–Trinajstić information content (AvgIpc) is 3.49. The lowest BCUT2D eigenvalue weighted by molar-refractivity contribution is -0.159. The second-order valence-corrected chi connectivity index (χ2v) is 11.4. The molecule has 1 aliphatic rings. The molecule has 13 heteroatoms. The number of nitrogens with one attached hydrogen (secondary N) is 3. The Morgan fingerprint density at radius 1 is 0.978 bits per heavy atom. The van der Waals surface area contributed by atoms with Gasteiger partial charge in [0.1, 0.15) is 23.4 Å². The Kier molecular flexibility index (Phi) is 12.5. The molecule has 3 rings (SSSR count). The summed E-state index contributed by atoms with van der Waals surface area (Å²) >= 11 is 0. The van der Waals surface area contributed by atoms with Crippen LogP contribution in [0.15, 0.2) is 54.6 Å². The van der Waals surface area contributed by atoms with Gasteiger partial charge in [0.25, 0.3) is 0 Å². The summed E-state index contributed by atoms with van der Waals surface area (Å²) < 4.78 is 15.3. The van der Waals surface area contributed by atoms with Gasteiger partial charge in [0, 0.05) is 25.9 Å². The van der Waals surface area contributed by atoms with E-state index in [1.807, 2.05) is 18.2 Å². The largest absolute Gasteiger partial charge is 0.480 e. The number of amides is 4. The first-order valence-electron chi connectivity index (χ1n) is 14.6. The van der Waals surface area contributed by atoms with Gasteiger partial charge in [-0.1, -0.05) is 42.5 Å². The maximum atomic E-state index is 13.2. The van der Waals surface area contributed by atoms with Gasteiger partial charge in [-0.3, -0.25) is 19.2 Å². The van der Waals surface area contributed by atoms with Crippen molar-refractivity contribution < 1.29 is 43.0 Å². The number of hydrogen-bond donors (Lipinski definition) is 3. The van der Waals surface area contributed by atoms with Crippen LogP contribution in [0.1, 0.15) is 45.6 Å². The van der Waals surface area contributed by atoms with E-state index in [1.165, 1.54) is 0 Å². The van der Waals surface area contributed by atoms with Gasteiger partial charge in [-0.05, 0) is 51.3 Å². The van der Waals surface area contributed by atoms with Crippen LogP contribution in [0.5, 0.6) is 5.75 Å². The van der Waals surface area contributed by atoms with E-state index in [-0.39, 0.29) is 38.3 Å². The predicted octanol–water partition coefficient (Wildman–Crippen LogP) is 1.74. The SMILES string of the molecule is COC(=O)C(=O)N1CCC[C@H]1C(=O)N[C@H](Cc1ccccc1)C(=O)NCCC(=O)Nc1ccccc1OCC(=O)OC(C)(C)C. The van der Waals surface area contributed by atoms with Crippen molar-refractivity contribution in [2.45, 2.75) is 64.1 Å². The van der Waals surface area contributed by atoms with E-state index in [1.54, 1.807) is 57.2 Å². The zero-order valence-corrected chi connectivity index (χ0v) is 25.9. The van der Waals surface area contributed by atoms with E-state index in [0.29, 0.717) is 18.5 Å². The van der Waals surface area contributed by atoms with E-state index in [4.69, 9.17) is 9.47 Å². The summed E-state index contributed by atoms with van der Waals surface area (Å²) in [6.45, 7) is 5.07. The molecular weight excluding hydrogens is 584 g/mol. The highest BCUT2D eigenvalue weighted by Crippen LogP contribution is 2.24. The molecule has 242 valence electrons. The molecule has 1 aliphatic heterocycles. The van der Waals surface area contributed by atoms with Gasteiger partial charge in [0.05, 0.1) is 12.8 Å². The normalized spacial score (nSPS) is 14.9. The van der Waals surface area contributed by atoms with Gasteiger partial charge in [-0.2, -0.15) is 0 Å². The molecule has 13 nitrogen and oxygen atoms in total. The molecule has 0 bridgehead atoms. The van der Waals surface area contributed by atoms with Crippen molar-refractivity contribution in [2.24, 2.45) is 0 Å². The Bertz CT molecular complexity index is 1370. The van der Waals surface area contributed by atoms with Crippen molar-refractivity contribution in [3.63, 3.8) is 0 Å². The number of ether oxygens (including phenoxy) is 3. The zero-order chi connectivity index (χ0) is 33.0. The lowest BCUT2D eigenvalue weighted by atomic mass is 10.0. The van der Waals surface area contributed by atoms with Crippen LogP contribution in [-0.4, -0.2) is 85.0 Å². The Labute approximate surface area is 262 Å². The number of esters is 2. The molecule has 0 aromatic heterocycles. The number of carbonyl (C=O) groups is 6. The van der Waals surface area contributed by atoms with Crippen LogP contribution in [0, 0.1) is 0 Å². The number of benzene rings is 2. The molecule has 2 atom stereocenters. The van der Waals surface area contributed by atoms with Crippen LogP contribution in [-0.2, 0) is 44.7 Å². The Hall–Kier alpha value is -4.94. The summed E-state index contributed by atoms with van der Waals surface area (Å²) in [7, 11) is 1.09. The van der Waals surface area contributed by atoms with Crippen LogP contribution in [0.3, 0.4) is 0 Å². The van der Waals surface area contributed by atoms with E-state index >= 15 is 0 Å². The third kappa shape index (κ3) is 10.9. The molecule has 1 heterocycles. The molecule has 0 radical (unpaired) electrons. The van der Waals surface area contributed by atoms with Crippen molar-refractivity contribution >= 4 is 41.3 Å². The number of carbonyl (C=O) groups excluding carboxylic acids is 6. The smallest absolute Gasteiger partial charge is 0.396 e. The highest BCUT2D eigenvalue weighted by atomic mass is 16.6. The highest BCUT2D eigenvalue weighted by molar-refractivity contribution is 6.32. The Morgan fingerprint density at radius 3 is 2.36 bits per heavy atom. The summed E-state index contributed by atoms with van der Waals surface area (Å²) in [4.78, 5) is 76.5. The Balaban J connectivity index is 1.58. The fourth-order valence-electron chi connectivity index (χ4n) is 4.65. The standard InChI is InChI=1S/C32H40N4O9/c1-32(2,3)45-27(38)20-44-25-15-9-8-13-22(25)34-26(37)16-17-33-28(39)23(19-21-11-6-5-7-12-21)35-29(40)24-14-10-18-36(24)30(41)31(42)43-4/h5-9,11-13,15,23-24H,10,14,16-20H2,1-4H3,(H,33,39)(H,34,37)(H,35,40)/t23-,24+/m1/s1. The van der Waals surface area contributed by atoms with Crippen molar-refractivity contribution in [1.29, 1.82) is 0 Å². The van der Waals surface area contributed by atoms with E-state index in [9.17, 15) is 28.8 Å². The Morgan fingerprint density at radius 2 is 1.67 bits per heavy atom. The van der Waals surface area contributed by atoms with Gasteiger partial charge < -0.3 is 35.1 Å². The topological polar surface area (TPSA) is 169 Å². The number of para-hydroxylation sites is 2. The minimum Gasteiger partial charge on any atom is -0.480 e. The zero-order valence-electron chi connectivity index (χ0n) is 25.9. The van der Waals surface area contributed by atoms with E-state index in [0.717, 1.165) is 17.6 Å². The van der Waals surface area contributed by atoms with Crippen LogP contribution in [0.4, 0.5) is 5.69 Å². The number of nitrogens with zero attached hydrogens (tertiary/aromatic N) is 1. The van der Waals surface area contributed by atoms with Gasteiger partial charge in [0.2, 0.25) is 17.7 Å². The van der Waals surface area contributed by atoms with Crippen LogP contribution in [0.2, 0.25) is 0 Å². The monoisotopic (exact) mass is 624 g/mol. The number of methoxy groups -OCH3 is 1. The summed E-state index contributed by atoms with van der Waals surface area (Å²) in [5.41, 5.74) is 0.462. The third-order valence-corrected chi connectivity index (χ3v) is 6.67. The number of anilines is 1. The molecule has 1 saturated heterocycles. The van der Waals surface area contributed by atoms with Crippen molar-refractivity contribution in [2.75, 3.05) is 32.1 Å². The fraction of sp³-hybridized carbons (Fsp3) is 0.438. The third-order valence-electron chi connectivity index (χ3n) is 6.67. The lowest BCUT2D eigenvalue weighted by Crippen LogP contribution is -2.54. The summed E-state index contributed by atoms with van der Waals surface area (Å²) in [6.07, 6.45) is 0.908. The molecule has 0 unspecified atom stereocenters. The average molecular weight is 625 g/mol. The van der Waals surface area contributed by atoms with Gasteiger partial charge in [-0.15, -0.1) is 0 Å². The fourth-order valence-corrected chi connectivity index (χ4v) is 4.65. The first-order valence-corrected chi connectivity index (χ1v) is 14.6. The van der Waals surface area contributed by atoms with E-state index in [2.05, 4.69) is 20.7 Å². The summed E-state index contributed by atoms with van der Waals surface area (Å²) in [6, 6.07) is 13.7. The van der Waals surface area contributed by atoms with Crippen molar-refractivity contribution in [1.82, 2.24) is 15.5 Å². The number of likely N-dealkylation sites (tertiary alicyclic amines) is 1. The van der Waals surface area contributed by atoms with Crippen LogP contribution >= 0.6 is 0 Å². The molecular formula is C32H40N4O9. The molecule has 0 saturated carbocycles. The van der Waals surface area contributed by atoms with Crippen LogP contribution in [0.25, 0.3) is 0 Å².